The van der Waals surface area contributed by atoms with Crippen LogP contribution in [-0.4, -0.2) is 26.0 Å². The number of benzene rings is 3. The average molecular weight is 374 g/mol. The van der Waals surface area contributed by atoms with E-state index in [2.05, 4.69) is 5.32 Å². The van der Waals surface area contributed by atoms with E-state index in [1.54, 1.807) is 43.3 Å². The first kappa shape index (κ1) is 19.2. The van der Waals surface area contributed by atoms with Gasteiger partial charge in [-0.05, 0) is 36.4 Å². The molecule has 0 aliphatic rings. The molecule has 1 N–H and O–H groups in total. The van der Waals surface area contributed by atoms with Crippen LogP contribution in [0.25, 0.3) is 0 Å². The number of amides is 2. The molecule has 3 aromatic rings. The Balaban J connectivity index is 1.72. The lowest BCUT2D eigenvalue weighted by molar-refractivity contribution is 0.0950. The van der Waals surface area contributed by atoms with Gasteiger partial charge in [0.05, 0.1) is 7.11 Å². The summed E-state index contributed by atoms with van der Waals surface area (Å²) in [5.41, 5.74) is 2.56. The zero-order valence-corrected chi connectivity index (χ0v) is 15.9. The van der Waals surface area contributed by atoms with Gasteiger partial charge in [0.25, 0.3) is 11.8 Å². The molecule has 0 aromatic heterocycles. The molecule has 0 radical (unpaired) electrons. The molecule has 3 aromatic carbocycles. The summed E-state index contributed by atoms with van der Waals surface area (Å²) in [6.45, 7) is 0.338. The number of para-hydroxylation sites is 2. The SMILES string of the molecule is COc1ccccc1CNC(=O)c1cccc(C(=O)N(C)c2ccccc2)c1. The maximum atomic E-state index is 12.8. The molecule has 0 aliphatic heterocycles. The fourth-order valence-corrected chi connectivity index (χ4v) is 2.88. The summed E-state index contributed by atoms with van der Waals surface area (Å²) in [6.07, 6.45) is 0. The van der Waals surface area contributed by atoms with Crippen LogP contribution in [-0.2, 0) is 6.54 Å². The molecule has 0 bridgehead atoms. The van der Waals surface area contributed by atoms with Crippen LogP contribution in [0.2, 0.25) is 0 Å². The predicted molar refractivity (Wildman–Crippen MR) is 110 cm³/mol. The van der Waals surface area contributed by atoms with Crippen LogP contribution in [0.15, 0.2) is 78.9 Å². The molecule has 5 nitrogen and oxygen atoms in total. The van der Waals surface area contributed by atoms with Crippen LogP contribution in [0.5, 0.6) is 5.75 Å². The summed E-state index contributed by atoms with van der Waals surface area (Å²) >= 11 is 0. The minimum atomic E-state index is -0.247. The third-order valence-corrected chi connectivity index (χ3v) is 4.45. The molecule has 0 fully saturated rings. The number of rotatable bonds is 6. The molecule has 0 aliphatic carbocycles. The van der Waals surface area contributed by atoms with Crippen molar-refractivity contribution in [2.45, 2.75) is 6.54 Å². The Kier molecular flexibility index (Phi) is 6.07. The molecule has 0 saturated carbocycles. The van der Waals surface area contributed by atoms with E-state index in [-0.39, 0.29) is 11.8 Å². The number of carbonyl (C=O) groups excluding carboxylic acids is 2. The van der Waals surface area contributed by atoms with E-state index in [1.165, 1.54) is 0 Å². The first-order chi connectivity index (χ1) is 13.6. The maximum absolute atomic E-state index is 12.8. The Bertz CT molecular complexity index is 970. The lowest BCUT2D eigenvalue weighted by Crippen LogP contribution is -2.27. The summed E-state index contributed by atoms with van der Waals surface area (Å²) in [5.74, 6) is 0.296. The van der Waals surface area contributed by atoms with Gasteiger partial charge < -0.3 is 15.0 Å². The van der Waals surface area contributed by atoms with Crippen molar-refractivity contribution in [1.82, 2.24) is 5.32 Å². The van der Waals surface area contributed by atoms with E-state index in [4.69, 9.17) is 4.74 Å². The lowest BCUT2D eigenvalue weighted by atomic mass is 10.1. The molecular formula is C23H22N2O3. The summed E-state index contributed by atoms with van der Waals surface area (Å²) < 4.78 is 5.30. The van der Waals surface area contributed by atoms with Gasteiger partial charge in [-0.15, -0.1) is 0 Å². The van der Waals surface area contributed by atoms with Gasteiger partial charge in [-0.1, -0.05) is 42.5 Å². The van der Waals surface area contributed by atoms with Crippen molar-refractivity contribution >= 4 is 17.5 Å². The van der Waals surface area contributed by atoms with Gasteiger partial charge in [0.1, 0.15) is 5.75 Å². The third-order valence-electron chi connectivity index (χ3n) is 4.45. The van der Waals surface area contributed by atoms with Crippen molar-refractivity contribution in [2.75, 3.05) is 19.1 Å². The number of methoxy groups -OCH3 is 1. The van der Waals surface area contributed by atoms with E-state index in [9.17, 15) is 9.59 Å². The minimum absolute atomic E-state index is 0.175. The van der Waals surface area contributed by atoms with Gasteiger partial charge >= 0.3 is 0 Å². The number of ether oxygens (including phenoxy) is 1. The number of nitrogens with zero attached hydrogens (tertiary/aromatic N) is 1. The van der Waals surface area contributed by atoms with Crippen LogP contribution in [0.1, 0.15) is 26.3 Å². The zero-order valence-electron chi connectivity index (χ0n) is 15.9. The highest BCUT2D eigenvalue weighted by atomic mass is 16.5. The second-order valence-corrected chi connectivity index (χ2v) is 6.28. The van der Waals surface area contributed by atoms with E-state index >= 15 is 0 Å². The van der Waals surface area contributed by atoms with Gasteiger partial charge in [0.2, 0.25) is 0 Å². The fraction of sp³-hybridized carbons (Fsp3) is 0.130. The molecule has 0 heterocycles. The lowest BCUT2D eigenvalue weighted by Gasteiger charge is -2.17. The largest absolute Gasteiger partial charge is 0.496 e. The van der Waals surface area contributed by atoms with E-state index in [0.717, 1.165) is 17.0 Å². The zero-order chi connectivity index (χ0) is 19.9. The highest BCUT2D eigenvalue weighted by molar-refractivity contribution is 6.07. The average Bonchev–Trinajstić information content (AvgIpc) is 2.77. The normalized spacial score (nSPS) is 10.2. The van der Waals surface area contributed by atoms with Gasteiger partial charge in [-0.2, -0.15) is 0 Å². The predicted octanol–water partition coefficient (Wildman–Crippen LogP) is 3.90. The minimum Gasteiger partial charge on any atom is -0.496 e. The summed E-state index contributed by atoms with van der Waals surface area (Å²) in [4.78, 5) is 26.9. The summed E-state index contributed by atoms with van der Waals surface area (Å²) in [7, 11) is 3.31. The maximum Gasteiger partial charge on any atom is 0.258 e. The van der Waals surface area contributed by atoms with Crippen LogP contribution in [0, 0.1) is 0 Å². The molecule has 2 amide bonds. The Morgan fingerprint density at radius 1 is 0.893 bits per heavy atom. The standard InChI is InChI=1S/C23H22N2O3/c1-25(20-12-4-3-5-13-20)23(27)18-11-8-10-17(15-18)22(26)24-16-19-9-6-7-14-21(19)28-2/h3-15H,16H2,1-2H3,(H,24,26). The van der Waals surface area contributed by atoms with E-state index in [0.29, 0.717) is 17.7 Å². The van der Waals surface area contributed by atoms with Crippen molar-refractivity contribution < 1.29 is 14.3 Å². The number of anilines is 1. The second kappa shape index (κ2) is 8.86. The molecule has 0 unspecified atom stereocenters. The van der Waals surface area contributed by atoms with Gasteiger partial charge in [0, 0.05) is 36.0 Å². The molecule has 0 spiro atoms. The van der Waals surface area contributed by atoms with Crippen molar-refractivity contribution in [3.05, 3.63) is 95.6 Å². The van der Waals surface area contributed by atoms with E-state index in [1.807, 2.05) is 54.6 Å². The monoisotopic (exact) mass is 374 g/mol. The molecule has 3 rings (SSSR count). The quantitative estimate of drug-likeness (QED) is 0.712. The van der Waals surface area contributed by atoms with Gasteiger partial charge in [0.15, 0.2) is 0 Å². The highest BCUT2D eigenvalue weighted by Crippen LogP contribution is 2.18. The Hall–Kier alpha value is -3.60. The smallest absolute Gasteiger partial charge is 0.258 e. The summed E-state index contributed by atoms with van der Waals surface area (Å²) in [6, 6.07) is 23.6. The van der Waals surface area contributed by atoms with Gasteiger partial charge in [-0.3, -0.25) is 9.59 Å². The number of carbonyl (C=O) groups is 2. The molecular weight excluding hydrogens is 352 g/mol. The summed E-state index contributed by atoms with van der Waals surface area (Å²) in [5, 5.41) is 2.87. The highest BCUT2D eigenvalue weighted by Gasteiger charge is 2.15. The molecule has 5 heteroatoms. The van der Waals surface area contributed by atoms with Crippen molar-refractivity contribution in [3.8, 4) is 5.75 Å². The topological polar surface area (TPSA) is 58.6 Å². The Labute approximate surface area is 164 Å². The van der Waals surface area contributed by atoms with Crippen molar-refractivity contribution in [2.24, 2.45) is 0 Å². The Morgan fingerprint density at radius 3 is 2.32 bits per heavy atom. The second-order valence-electron chi connectivity index (χ2n) is 6.28. The number of nitrogens with one attached hydrogen (secondary N) is 1. The van der Waals surface area contributed by atoms with Crippen LogP contribution in [0.3, 0.4) is 0 Å². The van der Waals surface area contributed by atoms with E-state index < -0.39 is 0 Å². The fourth-order valence-electron chi connectivity index (χ4n) is 2.88. The van der Waals surface area contributed by atoms with Crippen molar-refractivity contribution in [1.29, 1.82) is 0 Å². The molecule has 28 heavy (non-hydrogen) atoms. The number of hydrogen-bond acceptors (Lipinski definition) is 3. The first-order valence-corrected chi connectivity index (χ1v) is 8.93. The number of hydrogen-bond donors (Lipinski definition) is 1. The van der Waals surface area contributed by atoms with Crippen molar-refractivity contribution in [3.63, 3.8) is 0 Å². The first-order valence-electron chi connectivity index (χ1n) is 8.93. The molecule has 0 saturated heterocycles. The molecule has 0 atom stereocenters. The van der Waals surface area contributed by atoms with Crippen LogP contribution in [0.4, 0.5) is 5.69 Å². The van der Waals surface area contributed by atoms with Crippen LogP contribution < -0.4 is 15.0 Å². The molecule has 142 valence electrons. The third kappa shape index (κ3) is 4.38. The Morgan fingerprint density at radius 2 is 1.57 bits per heavy atom. The van der Waals surface area contributed by atoms with Gasteiger partial charge in [-0.25, -0.2) is 0 Å². The van der Waals surface area contributed by atoms with Crippen LogP contribution >= 0.6 is 0 Å².